The molecular weight excluding hydrogens is 485 g/mol. The van der Waals surface area contributed by atoms with Gasteiger partial charge in [-0.3, -0.25) is 9.59 Å². The van der Waals surface area contributed by atoms with E-state index in [1.54, 1.807) is 4.90 Å². The molecule has 1 aliphatic heterocycles. The Morgan fingerprint density at radius 3 is 2.54 bits per heavy atom. The Morgan fingerprint density at radius 1 is 1.03 bits per heavy atom. The minimum Gasteiger partial charge on any atom is -0.398 e. The lowest BCUT2D eigenvalue weighted by Gasteiger charge is -2.28. The van der Waals surface area contributed by atoms with Crippen LogP contribution in [0.2, 0.25) is 0 Å². The van der Waals surface area contributed by atoms with Crippen molar-refractivity contribution >= 4 is 47.8 Å². The number of nitrogens with one attached hydrogen (secondary N) is 1. The summed E-state index contributed by atoms with van der Waals surface area (Å²) >= 11 is 4.39. The number of anilines is 1. The third-order valence-corrected chi connectivity index (χ3v) is 6.56. The molecule has 188 valence electrons. The molecule has 0 aromatic heterocycles. The third-order valence-electron chi connectivity index (χ3n) is 5.72. The zero-order valence-corrected chi connectivity index (χ0v) is 21.3. The number of rotatable bonds is 11. The molecule has 0 atom stereocenters. The SMILES string of the molecule is N/C1=C/c2ccccc2CN(C(=O)CCC(=O)NCCCCCCOP(O)(O)=S)c2ccccc21. The first kappa shape index (κ1) is 27.0. The van der Waals surface area contributed by atoms with Crippen LogP contribution >= 0.6 is 6.72 Å². The van der Waals surface area contributed by atoms with E-state index in [0.29, 0.717) is 25.2 Å². The van der Waals surface area contributed by atoms with Gasteiger partial charge in [-0.15, -0.1) is 0 Å². The minimum atomic E-state index is -3.57. The Balaban J connectivity index is 1.50. The number of nitrogens with two attached hydrogens (primary N) is 1. The lowest BCUT2D eigenvalue weighted by molar-refractivity contribution is -0.125. The molecule has 3 rings (SSSR count). The molecule has 35 heavy (non-hydrogen) atoms. The molecule has 0 bridgehead atoms. The summed E-state index contributed by atoms with van der Waals surface area (Å²) in [6, 6.07) is 15.4. The van der Waals surface area contributed by atoms with Crippen LogP contribution in [0.5, 0.6) is 0 Å². The van der Waals surface area contributed by atoms with E-state index in [1.165, 1.54) is 0 Å². The van der Waals surface area contributed by atoms with Gasteiger partial charge in [-0.25, -0.2) is 0 Å². The second-order valence-corrected chi connectivity index (χ2v) is 11.0. The van der Waals surface area contributed by atoms with Gasteiger partial charge in [0.2, 0.25) is 11.8 Å². The highest BCUT2D eigenvalue weighted by Crippen LogP contribution is 2.36. The van der Waals surface area contributed by atoms with E-state index >= 15 is 0 Å². The van der Waals surface area contributed by atoms with Crippen molar-refractivity contribution in [3.63, 3.8) is 0 Å². The van der Waals surface area contributed by atoms with Gasteiger partial charge in [0, 0.05) is 30.6 Å². The van der Waals surface area contributed by atoms with E-state index in [0.717, 1.165) is 41.6 Å². The molecule has 0 saturated heterocycles. The third kappa shape index (κ3) is 8.56. The summed E-state index contributed by atoms with van der Waals surface area (Å²) in [6.07, 6.45) is 5.28. The molecule has 1 aliphatic rings. The Bertz CT molecular complexity index is 1120. The van der Waals surface area contributed by atoms with E-state index in [-0.39, 0.29) is 31.3 Å². The molecular formula is C25H32N3O5PS. The van der Waals surface area contributed by atoms with Gasteiger partial charge >= 0.3 is 6.72 Å². The first-order valence-corrected chi connectivity index (χ1v) is 14.3. The standard InChI is InChI=1S/C25H32N3O5PS/c26-22-17-19-9-3-4-10-20(19)18-28(23-12-6-5-11-21(22)23)25(30)14-13-24(29)27-15-7-1-2-8-16-33-34(31,32)35/h3-6,9-12,17H,1-2,7-8,13-16,18,26H2,(H,27,29)(H2,31,32,35)/b22-17+. The van der Waals surface area contributed by atoms with E-state index < -0.39 is 6.72 Å². The molecule has 10 heteroatoms. The first-order valence-electron chi connectivity index (χ1n) is 11.7. The molecule has 0 aliphatic carbocycles. The molecule has 0 unspecified atom stereocenters. The Hall–Kier alpha value is -2.55. The van der Waals surface area contributed by atoms with Gasteiger partial charge < -0.3 is 30.3 Å². The predicted molar refractivity (Wildman–Crippen MR) is 142 cm³/mol. The molecule has 2 amide bonds. The number of benzene rings is 2. The quantitative estimate of drug-likeness (QED) is 0.265. The van der Waals surface area contributed by atoms with Crippen LogP contribution < -0.4 is 16.0 Å². The van der Waals surface area contributed by atoms with Crippen LogP contribution in [0, 0.1) is 0 Å². The highest BCUT2D eigenvalue weighted by Gasteiger charge is 2.23. The fourth-order valence-corrected chi connectivity index (χ4v) is 4.52. The second kappa shape index (κ2) is 13.0. The molecule has 0 spiro atoms. The summed E-state index contributed by atoms with van der Waals surface area (Å²) in [6.45, 7) is -2.43. The number of nitrogens with zero attached hydrogens (tertiary/aromatic N) is 1. The largest absolute Gasteiger partial charge is 0.398 e. The van der Waals surface area contributed by atoms with Crippen molar-refractivity contribution in [1.82, 2.24) is 5.32 Å². The maximum Gasteiger partial charge on any atom is 0.321 e. The molecule has 1 heterocycles. The van der Waals surface area contributed by atoms with E-state index in [2.05, 4.69) is 17.1 Å². The number of para-hydroxylation sites is 1. The number of carbonyl (C=O) groups excluding carboxylic acids is 2. The molecule has 5 N–H and O–H groups in total. The average molecular weight is 518 g/mol. The number of hydrogen-bond acceptors (Lipinski definition) is 5. The molecule has 2 aromatic rings. The summed E-state index contributed by atoms with van der Waals surface area (Å²) in [4.78, 5) is 45.2. The number of fused-ring (bicyclic) bond motifs is 2. The highest BCUT2D eigenvalue weighted by molar-refractivity contribution is 8.06. The Labute approximate surface area is 211 Å². The second-order valence-electron chi connectivity index (χ2n) is 8.38. The number of unbranched alkanes of at least 4 members (excludes halogenated alkanes) is 3. The van der Waals surface area contributed by atoms with E-state index in [1.807, 2.05) is 54.6 Å². The van der Waals surface area contributed by atoms with Crippen LogP contribution in [0.4, 0.5) is 5.69 Å². The lowest BCUT2D eigenvalue weighted by atomic mass is 9.98. The topological polar surface area (TPSA) is 125 Å². The number of carbonyl (C=O) groups is 2. The van der Waals surface area contributed by atoms with E-state index in [9.17, 15) is 9.59 Å². The van der Waals surface area contributed by atoms with Crippen LogP contribution in [-0.4, -0.2) is 34.8 Å². The van der Waals surface area contributed by atoms with Crippen molar-refractivity contribution in [1.29, 1.82) is 0 Å². The summed E-state index contributed by atoms with van der Waals surface area (Å²) in [5.41, 5.74) is 10.5. The maximum atomic E-state index is 13.2. The average Bonchev–Trinajstić information content (AvgIpc) is 2.82. The van der Waals surface area contributed by atoms with Crippen LogP contribution in [-0.2, 0) is 32.5 Å². The van der Waals surface area contributed by atoms with Gasteiger partial charge in [0.05, 0.1) is 18.8 Å². The van der Waals surface area contributed by atoms with Crippen LogP contribution in [0.1, 0.15) is 55.2 Å². The normalized spacial score (nSPS) is 14.7. The van der Waals surface area contributed by atoms with Crippen molar-refractivity contribution < 1.29 is 23.9 Å². The van der Waals surface area contributed by atoms with Crippen LogP contribution in [0.15, 0.2) is 48.5 Å². The summed E-state index contributed by atoms with van der Waals surface area (Å²) in [7, 11) is 0. The number of amides is 2. The zero-order chi connectivity index (χ0) is 25.3. The van der Waals surface area contributed by atoms with Crippen molar-refractivity contribution in [2.24, 2.45) is 5.73 Å². The molecule has 0 fully saturated rings. The first-order chi connectivity index (χ1) is 16.7. The van der Waals surface area contributed by atoms with Crippen LogP contribution in [0.25, 0.3) is 11.8 Å². The summed E-state index contributed by atoms with van der Waals surface area (Å²) in [5.74, 6) is -0.298. The highest BCUT2D eigenvalue weighted by atomic mass is 32.5. The fourth-order valence-electron chi connectivity index (χ4n) is 3.93. The van der Waals surface area contributed by atoms with Gasteiger partial charge in [0.25, 0.3) is 0 Å². The van der Waals surface area contributed by atoms with Crippen molar-refractivity contribution in [3.8, 4) is 0 Å². The van der Waals surface area contributed by atoms with Gasteiger partial charge in [-0.05, 0) is 47.9 Å². The van der Waals surface area contributed by atoms with Crippen molar-refractivity contribution in [2.75, 3.05) is 18.1 Å². The zero-order valence-electron chi connectivity index (χ0n) is 19.6. The lowest BCUT2D eigenvalue weighted by Crippen LogP contribution is -2.33. The number of hydrogen-bond donors (Lipinski definition) is 4. The Kier molecular flexibility index (Phi) is 10.0. The fraction of sp³-hybridized carbons (Fsp3) is 0.360. The predicted octanol–water partition coefficient (Wildman–Crippen LogP) is 3.67. The van der Waals surface area contributed by atoms with E-state index in [4.69, 9.17) is 20.0 Å². The van der Waals surface area contributed by atoms with Crippen LogP contribution in [0.3, 0.4) is 0 Å². The monoisotopic (exact) mass is 517 g/mol. The van der Waals surface area contributed by atoms with Gasteiger partial charge in [0.1, 0.15) is 0 Å². The molecule has 0 saturated carbocycles. The van der Waals surface area contributed by atoms with Gasteiger partial charge in [-0.2, -0.15) is 0 Å². The molecule has 8 nitrogen and oxygen atoms in total. The Morgan fingerprint density at radius 2 is 1.74 bits per heavy atom. The molecule has 2 aromatic carbocycles. The maximum absolute atomic E-state index is 13.2. The van der Waals surface area contributed by atoms with Crippen molar-refractivity contribution in [3.05, 3.63) is 65.2 Å². The molecule has 0 radical (unpaired) electrons. The summed E-state index contributed by atoms with van der Waals surface area (Å²) < 4.78 is 4.76. The van der Waals surface area contributed by atoms with Crippen molar-refractivity contribution in [2.45, 2.75) is 45.1 Å². The smallest absolute Gasteiger partial charge is 0.321 e. The minimum absolute atomic E-state index is 0.0948. The van der Waals surface area contributed by atoms with Gasteiger partial charge in [0.15, 0.2) is 0 Å². The summed E-state index contributed by atoms with van der Waals surface area (Å²) in [5, 5.41) is 2.86. The van der Waals surface area contributed by atoms with Gasteiger partial charge in [-0.1, -0.05) is 55.3 Å².